The fourth-order valence-electron chi connectivity index (χ4n) is 4.45. The average Bonchev–Trinajstić information content (AvgIpc) is 2.84. The topological polar surface area (TPSA) is 87.7 Å². The van der Waals surface area contributed by atoms with Crippen LogP contribution in [-0.4, -0.2) is 60.5 Å². The fraction of sp³-hybridized carbons (Fsp3) is 0.435. The Balaban J connectivity index is 1.29. The van der Waals surface area contributed by atoms with E-state index in [0.29, 0.717) is 51.9 Å². The number of rotatable bonds is 5. The van der Waals surface area contributed by atoms with Gasteiger partial charge < -0.3 is 4.90 Å². The highest BCUT2D eigenvalue weighted by molar-refractivity contribution is 7.89. The van der Waals surface area contributed by atoms with Crippen LogP contribution in [-0.2, 0) is 14.8 Å². The number of likely N-dealkylation sites (tertiary alicyclic amines) is 1. The SMILES string of the molecule is O=C(c1ccccc1)C1CCN(C(=O)C2CCN(S(=O)(=O)c3cccnc3)CC2)CC1. The average molecular weight is 442 g/mol. The number of hydrogen-bond donors (Lipinski definition) is 0. The van der Waals surface area contributed by atoms with E-state index in [1.807, 2.05) is 35.2 Å². The molecule has 7 nitrogen and oxygen atoms in total. The highest BCUT2D eigenvalue weighted by Crippen LogP contribution is 2.28. The Bertz CT molecular complexity index is 1010. The zero-order valence-electron chi connectivity index (χ0n) is 17.4. The summed E-state index contributed by atoms with van der Waals surface area (Å²) in [5.41, 5.74) is 0.731. The number of sulfonamides is 1. The molecule has 8 heteroatoms. The van der Waals surface area contributed by atoms with Gasteiger partial charge in [-0.3, -0.25) is 14.6 Å². The number of piperidine rings is 2. The third-order valence-electron chi connectivity index (χ3n) is 6.31. The minimum absolute atomic E-state index is 0.0436. The van der Waals surface area contributed by atoms with Crippen LogP contribution in [0.1, 0.15) is 36.0 Å². The van der Waals surface area contributed by atoms with Crippen LogP contribution in [0.5, 0.6) is 0 Å². The number of Topliss-reactive ketones (excluding diaryl/α,β-unsaturated/α-hetero) is 1. The lowest BCUT2D eigenvalue weighted by molar-refractivity contribution is -0.138. The summed E-state index contributed by atoms with van der Waals surface area (Å²) < 4.78 is 26.9. The first-order valence-corrected chi connectivity index (χ1v) is 12.2. The van der Waals surface area contributed by atoms with E-state index in [4.69, 9.17) is 0 Å². The molecule has 2 aliphatic rings. The molecular weight excluding hydrogens is 414 g/mol. The maximum atomic E-state index is 13.0. The van der Waals surface area contributed by atoms with Gasteiger partial charge in [0.15, 0.2) is 5.78 Å². The number of amides is 1. The summed E-state index contributed by atoms with van der Waals surface area (Å²) in [5, 5.41) is 0. The van der Waals surface area contributed by atoms with Gasteiger partial charge in [-0.2, -0.15) is 4.31 Å². The molecule has 3 heterocycles. The maximum absolute atomic E-state index is 13.0. The summed E-state index contributed by atoms with van der Waals surface area (Å²) in [5.74, 6) is 0.0327. The van der Waals surface area contributed by atoms with E-state index < -0.39 is 10.0 Å². The number of hydrogen-bond acceptors (Lipinski definition) is 5. The lowest BCUT2D eigenvalue weighted by atomic mass is 9.88. The summed E-state index contributed by atoms with van der Waals surface area (Å²) >= 11 is 0. The second kappa shape index (κ2) is 9.28. The lowest BCUT2D eigenvalue weighted by Gasteiger charge is -2.36. The highest BCUT2D eigenvalue weighted by Gasteiger charge is 2.35. The largest absolute Gasteiger partial charge is 0.342 e. The van der Waals surface area contributed by atoms with Crippen molar-refractivity contribution in [3.05, 3.63) is 60.4 Å². The maximum Gasteiger partial charge on any atom is 0.244 e. The quantitative estimate of drug-likeness (QED) is 0.666. The van der Waals surface area contributed by atoms with Gasteiger partial charge in [0.2, 0.25) is 15.9 Å². The van der Waals surface area contributed by atoms with Crippen LogP contribution in [0.2, 0.25) is 0 Å². The van der Waals surface area contributed by atoms with Crippen molar-refractivity contribution in [2.24, 2.45) is 11.8 Å². The van der Waals surface area contributed by atoms with Gasteiger partial charge in [0.05, 0.1) is 0 Å². The first-order valence-electron chi connectivity index (χ1n) is 10.7. The minimum Gasteiger partial charge on any atom is -0.342 e. The predicted octanol–water partition coefficient (Wildman–Crippen LogP) is 2.60. The third-order valence-corrected chi connectivity index (χ3v) is 8.19. The molecular formula is C23H27N3O4S. The summed E-state index contributed by atoms with van der Waals surface area (Å²) in [4.78, 5) is 31.6. The summed E-state index contributed by atoms with van der Waals surface area (Å²) in [7, 11) is -3.57. The van der Waals surface area contributed by atoms with Crippen LogP contribution < -0.4 is 0 Å². The molecule has 1 amide bonds. The Morgan fingerprint density at radius 1 is 0.839 bits per heavy atom. The van der Waals surface area contributed by atoms with Gasteiger partial charge in [-0.25, -0.2) is 8.42 Å². The molecule has 2 saturated heterocycles. The molecule has 0 unspecified atom stereocenters. The molecule has 0 radical (unpaired) electrons. The Morgan fingerprint density at radius 3 is 2.10 bits per heavy atom. The van der Waals surface area contributed by atoms with Crippen LogP contribution in [0.25, 0.3) is 0 Å². The van der Waals surface area contributed by atoms with E-state index in [9.17, 15) is 18.0 Å². The van der Waals surface area contributed by atoms with Crippen LogP contribution in [0.4, 0.5) is 0 Å². The molecule has 164 valence electrons. The normalized spacial score (nSPS) is 19.3. The molecule has 0 spiro atoms. The molecule has 0 bridgehead atoms. The van der Waals surface area contributed by atoms with Crippen molar-refractivity contribution in [3.8, 4) is 0 Å². The molecule has 31 heavy (non-hydrogen) atoms. The first-order chi connectivity index (χ1) is 15.0. The summed E-state index contributed by atoms with van der Waals surface area (Å²) in [6, 6.07) is 12.5. The third kappa shape index (κ3) is 4.70. The van der Waals surface area contributed by atoms with Crippen molar-refractivity contribution >= 4 is 21.7 Å². The Hall–Kier alpha value is -2.58. The molecule has 2 fully saturated rings. The van der Waals surface area contributed by atoms with E-state index >= 15 is 0 Å². The Morgan fingerprint density at radius 2 is 1.48 bits per heavy atom. The summed E-state index contributed by atoms with van der Waals surface area (Å²) in [6.45, 7) is 1.82. The number of benzene rings is 1. The van der Waals surface area contributed by atoms with Gasteiger partial charge in [-0.05, 0) is 37.8 Å². The summed E-state index contributed by atoms with van der Waals surface area (Å²) in [6.07, 6.45) is 5.28. The molecule has 0 saturated carbocycles. The predicted molar refractivity (Wildman–Crippen MR) is 116 cm³/mol. The molecule has 0 N–H and O–H groups in total. The first kappa shape index (κ1) is 21.6. The fourth-order valence-corrected chi connectivity index (χ4v) is 5.88. The number of carbonyl (C=O) groups excluding carboxylic acids is 2. The number of aromatic nitrogens is 1. The zero-order chi connectivity index (χ0) is 21.8. The smallest absolute Gasteiger partial charge is 0.244 e. The molecule has 1 aromatic carbocycles. The van der Waals surface area contributed by atoms with Crippen molar-refractivity contribution in [1.29, 1.82) is 0 Å². The number of pyridine rings is 1. The van der Waals surface area contributed by atoms with Gasteiger partial charge in [-0.15, -0.1) is 0 Å². The minimum atomic E-state index is -3.57. The number of ketones is 1. The van der Waals surface area contributed by atoms with Crippen LogP contribution in [0.3, 0.4) is 0 Å². The molecule has 0 aliphatic carbocycles. The number of carbonyl (C=O) groups is 2. The van der Waals surface area contributed by atoms with Crippen molar-refractivity contribution in [3.63, 3.8) is 0 Å². The standard InChI is InChI=1S/C23H27N3O4S/c27-22(18-5-2-1-3-6-18)19-8-13-25(14-9-19)23(28)20-10-15-26(16-11-20)31(29,30)21-7-4-12-24-17-21/h1-7,12,17,19-20H,8-11,13-16H2. The van der Waals surface area contributed by atoms with E-state index in [1.54, 1.807) is 18.3 Å². The second-order valence-electron chi connectivity index (χ2n) is 8.20. The van der Waals surface area contributed by atoms with Crippen molar-refractivity contribution in [2.75, 3.05) is 26.2 Å². The monoisotopic (exact) mass is 441 g/mol. The van der Waals surface area contributed by atoms with Gasteiger partial charge in [0.1, 0.15) is 4.90 Å². The van der Waals surface area contributed by atoms with Gasteiger partial charge >= 0.3 is 0 Å². The Labute approximate surface area is 183 Å². The molecule has 4 rings (SSSR count). The van der Waals surface area contributed by atoms with Crippen molar-refractivity contribution < 1.29 is 18.0 Å². The zero-order valence-corrected chi connectivity index (χ0v) is 18.2. The molecule has 1 aromatic heterocycles. The van der Waals surface area contributed by atoms with E-state index in [0.717, 1.165) is 5.56 Å². The van der Waals surface area contributed by atoms with Crippen LogP contribution >= 0.6 is 0 Å². The van der Waals surface area contributed by atoms with Gasteiger partial charge in [-0.1, -0.05) is 30.3 Å². The molecule has 2 aromatic rings. The lowest BCUT2D eigenvalue weighted by Crippen LogP contribution is -2.47. The Kier molecular flexibility index (Phi) is 6.48. The van der Waals surface area contributed by atoms with E-state index in [1.165, 1.54) is 10.5 Å². The second-order valence-corrected chi connectivity index (χ2v) is 10.1. The van der Waals surface area contributed by atoms with E-state index in [-0.39, 0.29) is 28.4 Å². The number of nitrogens with zero attached hydrogens (tertiary/aromatic N) is 3. The molecule has 0 atom stereocenters. The highest BCUT2D eigenvalue weighted by atomic mass is 32.2. The molecule has 2 aliphatic heterocycles. The van der Waals surface area contributed by atoms with Crippen molar-refractivity contribution in [2.45, 2.75) is 30.6 Å². The van der Waals surface area contributed by atoms with Crippen molar-refractivity contribution in [1.82, 2.24) is 14.2 Å². The van der Waals surface area contributed by atoms with Gasteiger partial charge in [0.25, 0.3) is 0 Å². The van der Waals surface area contributed by atoms with E-state index in [2.05, 4.69) is 4.98 Å². The van der Waals surface area contributed by atoms with Crippen LogP contribution in [0.15, 0.2) is 59.8 Å². The van der Waals surface area contributed by atoms with Crippen LogP contribution in [0, 0.1) is 11.8 Å². The van der Waals surface area contributed by atoms with Gasteiger partial charge in [0, 0.05) is 56.0 Å².